The van der Waals surface area contributed by atoms with Crippen LogP contribution in [-0.2, 0) is 0 Å². The molecule has 1 N–H and O–H groups in total. The Labute approximate surface area is 99.7 Å². The van der Waals surface area contributed by atoms with Gasteiger partial charge in [0.15, 0.2) is 0 Å². The molecule has 0 aliphatic rings. The maximum absolute atomic E-state index is 11.8. The van der Waals surface area contributed by atoms with Crippen molar-refractivity contribution < 1.29 is 9.21 Å². The number of nitrogens with one attached hydrogen (secondary N) is 1. The number of carbonyl (C=O) groups is 1. The molecule has 88 valence electrons. The fourth-order valence-electron chi connectivity index (χ4n) is 1.46. The summed E-state index contributed by atoms with van der Waals surface area (Å²) < 4.78 is 5.15. The Morgan fingerprint density at radius 1 is 1.24 bits per heavy atom. The normalized spacial score (nSPS) is 10.3. The molecule has 2 rings (SSSR count). The molecule has 17 heavy (non-hydrogen) atoms. The lowest BCUT2D eigenvalue weighted by Gasteiger charge is -2.05. The second-order valence-corrected chi connectivity index (χ2v) is 4.03. The number of benzene rings is 1. The third-order valence-electron chi connectivity index (χ3n) is 2.58. The van der Waals surface area contributed by atoms with Gasteiger partial charge in [0.2, 0.25) is 0 Å². The lowest BCUT2D eigenvalue weighted by molar-refractivity contribution is 0.0989. The molecular weight excluding hydrogens is 216 g/mol. The van der Waals surface area contributed by atoms with Crippen molar-refractivity contribution in [3.05, 3.63) is 47.2 Å². The van der Waals surface area contributed by atoms with Gasteiger partial charge in [0.25, 0.3) is 5.89 Å². The highest BCUT2D eigenvalue weighted by molar-refractivity contribution is 6.00. The van der Waals surface area contributed by atoms with E-state index in [9.17, 15) is 4.79 Å². The second kappa shape index (κ2) is 4.41. The Kier molecular flexibility index (Phi) is 2.95. The Morgan fingerprint density at radius 3 is 2.59 bits per heavy atom. The predicted molar refractivity (Wildman–Crippen MR) is 65.1 cm³/mol. The number of hydrogen-bond donors (Lipinski definition) is 1. The van der Waals surface area contributed by atoms with Gasteiger partial charge in [0, 0.05) is 5.69 Å². The van der Waals surface area contributed by atoms with Crippen LogP contribution in [-0.4, -0.2) is 10.9 Å². The molecule has 2 aromatic rings. The van der Waals surface area contributed by atoms with E-state index < -0.39 is 0 Å². The van der Waals surface area contributed by atoms with Gasteiger partial charge in [-0.25, -0.2) is 4.98 Å². The number of amides is 1. The van der Waals surface area contributed by atoms with Crippen molar-refractivity contribution in [1.82, 2.24) is 4.98 Å². The van der Waals surface area contributed by atoms with Crippen LogP contribution >= 0.6 is 0 Å². The molecule has 0 bridgehead atoms. The van der Waals surface area contributed by atoms with Crippen LogP contribution in [0.2, 0.25) is 0 Å². The first-order chi connectivity index (χ1) is 8.06. The quantitative estimate of drug-likeness (QED) is 0.863. The molecule has 0 saturated heterocycles. The zero-order valence-corrected chi connectivity index (χ0v) is 10.1. The van der Waals surface area contributed by atoms with Crippen LogP contribution in [0.3, 0.4) is 0 Å². The largest absolute Gasteiger partial charge is 0.438 e. The molecule has 0 aliphatic carbocycles. The Bertz CT molecular complexity index is 558. The van der Waals surface area contributed by atoms with E-state index >= 15 is 0 Å². The number of hydrogen-bond acceptors (Lipinski definition) is 3. The average Bonchev–Trinajstić information content (AvgIpc) is 2.70. The Hall–Kier alpha value is -2.10. The smallest absolute Gasteiger partial charge is 0.311 e. The highest BCUT2D eigenvalue weighted by atomic mass is 16.4. The molecule has 0 spiro atoms. The lowest BCUT2D eigenvalue weighted by Crippen LogP contribution is -2.12. The van der Waals surface area contributed by atoms with Gasteiger partial charge in [0.05, 0.1) is 6.20 Å². The van der Waals surface area contributed by atoms with E-state index in [1.807, 2.05) is 32.0 Å². The number of aryl methyl sites for hydroxylation is 3. The summed E-state index contributed by atoms with van der Waals surface area (Å²) in [5.74, 6) is 0.373. The van der Waals surface area contributed by atoms with E-state index in [1.165, 1.54) is 11.8 Å². The number of anilines is 1. The maximum Gasteiger partial charge on any atom is 0.311 e. The molecule has 1 amide bonds. The van der Waals surface area contributed by atoms with Gasteiger partial charge >= 0.3 is 5.91 Å². The molecule has 0 atom stereocenters. The molecule has 0 fully saturated rings. The topological polar surface area (TPSA) is 55.1 Å². The number of carbonyl (C=O) groups excluding carboxylic acids is 1. The Morgan fingerprint density at radius 2 is 2.00 bits per heavy atom. The average molecular weight is 230 g/mol. The van der Waals surface area contributed by atoms with Crippen molar-refractivity contribution in [2.45, 2.75) is 20.8 Å². The standard InChI is InChI=1S/C13H14N2O2/c1-8-4-5-11(6-9(8)2)15-12(16)13-14-7-10(3)17-13/h4-7H,1-3H3,(H,15,16). The fraction of sp³-hybridized carbons (Fsp3) is 0.231. The van der Waals surface area contributed by atoms with Crippen LogP contribution in [0.5, 0.6) is 0 Å². The summed E-state index contributed by atoms with van der Waals surface area (Å²) in [5.41, 5.74) is 3.07. The van der Waals surface area contributed by atoms with Gasteiger partial charge in [0.1, 0.15) is 5.76 Å². The minimum Gasteiger partial charge on any atom is -0.438 e. The fourth-order valence-corrected chi connectivity index (χ4v) is 1.46. The molecule has 0 aliphatic heterocycles. The zero-order chi connectivity index (χ0) is 12.4. The highest BCUT2D eigenvalue weighted by Gasteiger charge is 2.12. The van der Waals surface area contributed by atoms with Crippen molar-refractivity contribution in [3.8, 4) is 0 Å². The monoisotopic (exact) mass is 230 g/mol. The molecule has 0 unspecified atom stereocenters. The summed E-state index contributed by atoms with van der Waals surface area (Å²) in [5, 5.41) is 2.74. The van der Waals surface area contributed by atoms with Gasteiger partial charge in [-0.05, 0) is 44.0 Å². The third kappa shape index (κ3) is 2.53. The van der Waals surface area contributed by atoms with Crippen molar-refractivity contribution in [2.75, 3.05) is 5.32 Å². The third-order valence-corrected chi connectivity index (χ3v) is 2.58. The van der Waals surface area contributed by atoms with E-state index in [1.54, 1.807) is 6.92 Å². The van der Waals surface area contributed by atoms with Gasteiger partial charge in [-0.15, -0.1) is 0 Å². The van der Waals surface area contributed by atoms with Crippen LogP contribution in [0.25, 0.3) is 0 Å². The molecule has 1 aromatic heterocycles. The first kappa shape index (κ1) is 11.4. The van der Waals surface area contributed by atoms with Crippen LogP contribution in [0.15, 0.2) is 28.8 Å². The number of oxazole rings is 1. The van der Waals surface area contributed by atoms with Gasteiger partial charge in [-0.2, -0.15) is 0 Å². The number of rotatable bonds is 2. The van der Waals surface area contributed by atoms with E-state index in [0.717, 1.165) is 11.3 Å². The second-order valence-electron chi connectivity index (χ2n) is 4.03. The van der Waals surface area contributed by atoms with Gasteiger partial charge in [-0.1, -0.05) is 6.07 Å². The van der Waals surface area contributed by atoms with Crippen LogP contribution in [0.4, 0.5) is 5.69 Å². The number of nitrogens with zero attached hydrogens (tertiary/aromatic N) is 1. The predicted octanol–water partition coefficient (Wildman–Crippen LogP) is 2.85. The minimum atomic E-state index is -0.332. The summed E-state index contributed by atoms with van der Waals surface area (Å²) in [6.07, 6.45) is 1.52. The summed E-state index contributed by atoms with van der Waals surface area (Å²) in [4.78, 5) is 15.6. The molecule has 0 saturated carbocycles. The van der Waals surface area contributed by atoms with E-state index in [2.05, 4.69) is 10.3 Å². The van der Waals surface area contributed by atoms with E-state index in [0.29, 0.717) is 5.76 Å². The summed E-state index contributed by atoms with van der Waals surface area (Å²) in [6.45, 7) is 5.78. The molecule has 4 heteroatoms. The van der Waals surface area contributed by atoms with Crippen LogP contribution < -0.4 is 5.32 Å². The first-order valence-corrected chi connectivity index (χ1v) is 5.37. The van der Waals surface area contributed by atoms with Crippen molar-refractivity contribution >= 4 is 11.6 Å². The van der Waals surface area contributed by atoms with Crippen LogP contribution in [0, 0.1) is 20.8 Å². The maximum atomic E-state index is 11.8. The van der Waals surface area contributed by atoms with Crippen molar-refractivity contribution in [1.29, 1.82) is 0 Å². The van der Waals surface area contributed by atoms with E-state index in [4.69, 9.17) is 4.42 Å². The molecule has 1 aromatic carbocycles. The minimum absolute atomic E-state index is 0.0840. The molecule has 1 heterocycles. The molecule has 0 radical (unpaired) electrons. The highest BCUT2D eigenvalue weighted by Crippen LogP contribution is 2.15. The summed E-state index contributed by atoms with van der Waals surface area (Å²) >= 11 is 0. The van der Waals surface area contributed by atoms with Gasteiger partial charge in [-0.3, -0.25) is 4.79 Å². The summed E-state index contributed by atoms with van der Waals surface area (Å²) in [6, 6.07) is 5.74. The Balaban J connectivity index is 2.15. The van der Waals surface area contributed by atoms with Gasteiger partial charge < -0.3 is 9.73 Å². The number of aromatic nitrogens is 1. The lowest BCUT2D eigenvalue weighted by atomic mass is 10.1. The summed E-state index contributed by atoms with van der Waals surface area (Å²) in [7, 11) is 0. The first-order valence-electron chi connectivity index (χ1n) is 5.37. The molecular formula is C13H14N2O2. The zero-order valence-electron chi connectivity index (χ0n) is 10.1. The van der Waals surface area contributed by atoms with E-state index in [-0.39, 0.29) is 11.8 Å². The SMILES string of the molecule is Cc1cnc(C(=O)Nc2ccc(C)c(C)c2)o1. The van der Waals surface area contributed by atoms with Crippen LogP contribution in [0.1, 0.15) is 27.6 Å². The van der Waals surface area contributed by atoms with Crippen molar-refractivity contribution in [3.63, 3.8) is 0 Å². The van der Waals surface area contributed by atoms with Crippen molar-refractivity contribution in [2.24, 2.45) is 0 Å². The molecule has 4 nitrogen and oxygen atoms in total.